The van der Waals surface area contributed by atoms with E-state index in [9.17, 15) is 9.90 Å². The lowest BCUT2D eigenvalue weighted by atomic mass is 9.88. The van der Waals surface area contributed by atoms with E-state index >= 15 is 0 Å². The normalized spacial score (nSPS) is 39.3. The summed E-state index contributed by atoms with van der Waals surface area (Å²) in [4.78, 5) is 11.1. The molecular formula is C19H30O4. The Kier molecular flexibility index (Phi) is 5.42. The molecule has 3 aliphatic rings. The molecule has 0 bridgehead atoms. The van der Waals surface area contributed by atoms with E-state index in [1.165, 1.54) is 20.0 Å². The van der Waals surface area contributed by atoms with Crippen LogP contribution in [0.5, 0.6) is 0 Å². The van der Waals surface area contributed by atoms with Gasteiger partial charge in [0, 0.05) is 12.3 Å². The number of carbonyl (C=O) groups is 1. The first-order chi connectivity index (χ1) is 11.2. The minimum Gasteiger partial charge on any atom is -0.469 e. The summed E-state index contributed by atoms with van der Waals surface area (Å²) in [7, 11) is 1.44. The van der Waals surface area contributed by atoms with Crippen molar-refractivity contribution in [3.05, 3.63) is 12.2 Å². The first-order valence-electron chi connectivity index (χ1n) is 9.22. The van der Waals surface area contributed by atoms with Gasteiger partial charge in [-0.25, -0.2) is 0 Å². The van der Waals surface area contributed by atoms with Gasteiger partial charge >= 0.3 is 5.97 Å². The summed E-state index contributed by atoms with van der Waals surface area (Å²) < 4.78 is 10.4. The summed E-state index contributed by atoms with van der Waals surface area (Å²) in [5, 5.41) is 10.0. The maximum atomic E-state index is 11.1. The van der Waals surface area contributed by atoms with Gasteiger partial charge in [0.25, 0.3) is 0 Å². The second-order valence-corrected chi connectivity index (χ2v) is 7.41. The molecule has 1 heterocycles. The second kappa shape index (κ2) is 7.35. The number of unbranched alkanes of at least 4 members (excludes halogenated alkanes) is 2. The van der Waals surface area contributed by atoms with Gasteiger partial charge in [-0.05, 0) is 56.3 Å². The van der Waals surface area contributed by atoms with Crippen LogP contribution in [0.4, 0.5) is 0 Å². The Labute approximate surface area is 139 Å². The Bertz CT molecular complexity index is 447. The summed E-state index contributed by atoms with van der Waals surface area (Å²) in [5.74, 6) is 2.36. The first-order valence-corrected chi connectivity index (χ1v) is 9.22. The molecule has 1 N–H and O–H groups in total. The lowest BCUT2D eigenvalue weighted by molar-refractivity contribution is -0.140. The van der Waals surface area contributed by atoms with E-state index in [1.807, 2.05) is 0 Å². The fourth-order valence-electron chi connectivity index (χ4n) is 4.43. The lowest BCUT2D eigenvalue weighted by Gasteiger charge is -2.20. The number of carbonyl (C=O) groups excluding carboxylic acids is 1. The zero-order chi connectivity index (χ0) is 16.4. The largest absolute Gasteiger partial charge is 0.469 e. The molecule has 0 spiro atoms. The molecule has 0 aromatic rings. The van der Waals surface area contributed by atoms with Crippen LogP contribution in [0.2, 0.25) is 0 Å². The van der Waals surface area contributed by atoms with Gasteiger partial charge in [0.05, 0.1) is 25.4 Å². The van der Waals surface area contributed by atoms with Crippen LogP contribution in [0, 0.1) is 23.7 Å². The van der Waals surface area contributed by atoms with Gasteiger partial charge in [-0.1, -0.05) is 19.1 Å². The zero-order valence-corrected chi connectivity index (χ0v) is 14.3. The van der Waals surface area contributed by atoms with Crippen molar-refractivity contribution in [2.24, 2.45) is 23.7 Å². The van der Waals surface area contributed by atoms with Gasteiger partial charge in [-0.15, -0.1) is 0 Å². The molecule has 1 saturated heterocycles. The van der Waals surface area contributed by atoms with E-state index < -0.39 is 0 Å². The maximum absolute atomic E-state index is 11.1. The number of aliphatic hydroxyl groups excluding tert-OH is 1. The maximum Gasteiger partial charge on any atom is 0.305 e. The van der Waals surface area contributed by atoms with Crippen LogP contribution in [0.15, 0.2) is 12.2 Å². The van der Waals surface area contributed by atoms with Crippen molar-refractivity contribution in [2.75, 3.05) is 7.11 Å². The molecule has 23 heavy (non-hydrogen) atoms. The van der Waals surface area contributed by atoms with Crippen LogP contribution in [0.3, 0.4) is 0 Å². The van der Waals surface area contributed by atoms with Crippen LogP contribution in [0.25, 0.3) is 0 Å². The summed E-state index contributed by atoms with van der Waals surface area (Å²) >= 11 is 0. The molecule has 0 amide bonds. The van der Waals surface area contributed by atoms with Crippen molar-refractivity contribution in [3.8, 4) is 0 Å². The Morgan fingerprint density at radius 1 is 1.35 bits per heavy atom. The molecule has 7 unspecified atom stereocenters. The van der Waals surface area contributed by atoms with E-state index in [0.717, 1.165) is 25.7 Å². The molecule has 0 aromatic heterocycles. The molecule has 0 aromatic carbocycles. The van der Waals surface area contributed by atoms with Gasteiger partial charge in [-0.3, -0.25) is 4.79 Å². The average Bonchev–Trinajstić information content (AvgIpc) is 3.47. The number of fused-ring (bicyclic) bond motifs is 1. The Balaban J connectivity index is 1.41. The molecule has 1 aliphatic heterocycles. The van der Waals surface area contributed by atoms with Crippen molar-refractivity contribution < 1.29 is 19.4 Å². The number of epoxide rings is 1. The Morgan fingerprint density at radius 2 is 2.17 bits per heavy atom. The minimum atomic E-state index is -0.117. The monoisotopic (exact) mass is 322 g/mol. The molecule has 0 radical (unpaired) electrons. The lowest BCUT2D eigenvalue weighted by Crippen LogP contribution is -2.19. The van der Waals surface area contributed by atoms with Gasteiger partial charge in [-0.2, -0.15) is 0 Å². The summed E-state index contributed by atoms with van der Waals surface area (Å²) in [6.07, 6.45) is 12.1. The summed E-state index contributed by atoms with van der Waals surface area (Å²) in [6.45, 7) is 2.07. The predicted octanol–water partition coefficient (Wildman–Crippen LogP) is 3.09. The van der Waals surface area contributed by atoms with Crippen molar-refractivity contribution in [1.82, 2.24) is 0 Å². The van der Waals surface area contributed by atoms with Crippen LogP contribution in [0.1, 0.15) is 51.9 Å². The van der Waals surface area contributed by atoms with Crippen LogP contribution >= 0.6 is 0 Å². The minimum absolute atomic E-state index is 0.110. The van der Waals surface area contributed by atoms with E-state index in [1.54, 1.807) is 0 Å². The quantitative estimate of drug-likeness (QED) is 0.307. The Hall–Kier alpha value is -0.870. The Morgan fingerprint density at radius 3 is 2.91 bits per heavy atom. The third kappa shape index (κ3) is 3.97. The van der Waals surface area contributed by atoms with Crippen molar-refractivity contribution in [1.29, 1.82) is 0 Å². The van der Waals surface area contributed by atoms with Crippen molar-refractivity contribution >= 4 is 5.97 Å². The topological polar surface area (TPSA) is 59.1 Å². The number of methoxy groups -OCH3 is 1. The summed E-state index contributed by atoms with van der Waals surface area (Å²) in [6, 6.07) is 0. The van der Waals surface area contributed by atoms with Crippen LogP contribution < -0.4 is 0 Å². The van der Waals surface area contributed by atoms with E-state index in [2.05, 4.69) is 23.8 Å². The van der Waals surface area contributed by atoms with Gasteiger partial charge in [0.1, 0.15) is 0 Å². The average molecular weight is 322 g/mol. The fraction of sp³-hybridized carbons (Fsp3) is 0.842. The number of hydrogen-bond acceptors (Lipinski definition) is 4. The first kappa shape index (κ1) is 17.0. The molecule has 4 heteroatoms. The highest BCUT2D eigenvalue weighted by atomic mass is 16.6. The van der Waals surface area contributed by atoms with E-state index in [4.69, 9.17) is 4.74 Å². The zero-order valence-electron chi connectivity index (χ0n) is 14.3. The van der Waals surface area contributed by atoms with Gasteiger partial charge in [0.15, 0.2) is 0 Å². The number of aliphatic hydroxyl groups is 1. The number of rotatable bonds is 9. The standard InChI is InChI=1S/C19H30O4/c1-3-16(20)15-10-13(15)14-11-17-19(23-17)12(14)8-6-4-5-7-9-18(21)22-2/h6,8,12-17,19-20H,3-5,7,9-11H2,1-2H3. The molecular weight excluding hydrogens is 292 g/mol. The highest BCUT2D eigenvalue weighted by Gasteiger charge is 2.60. The number of hydrogen-bond donors (Lipinski definition) is 1. The number of allylic oxidation sites excluding steroid dienone is 1. The van der Waals surface area contributed by atoms with Crippen LogP contribution in [-0.2, 0) is 14.3 Å². The SMILES string of the molecule is CCC(O)C1CC1C1CC2OC2C1C=CCCCCC(=O)OC. The highest BCUT2D eigenvalue weighted by molar-refractivity contribution is 5.68. The molecule has 2 saturated carbocycles. The van der Waals surface area contributed by atoms with E-state index in [0.29, 0.717) is 42.3 Å². The molecule has 7 atom stereocenters. The van der Waals surface area contributed by atoms with Gasteiger partial charge in [0.2, 0.25) is 0 Å². The molecule has 3 fully saturated rings. The van der Waals surface area contributed by atoms with E-state index in [-0.39, 0.29) is 12.1 Å². The molecule has 3 rings (SSSR count). The number of esters is 1. The smallest absolute Gasteiger partial charge is 0.305 e. The van der Waals surface area contributed by atoms with Crippen molar-refractivity contribution in [3.63, 3.8) is 0 Å². The highest BCUT2D eigenvalue weighted by Crippen LogP contribution is 2.59. The molecule has 4 nitrogen and oxygen atoms in total. The number of ether oxygens (including phenoxy) is 2. The van der Waals surface area contributed by atoms with Crippen LogP contribution in [-0.4, -0.2) is 36.5 Å². The molecule has 130 valence electrons. The third-order valence-corrected chi connectivity index (χ3v) is 5.94. The summed E-state index contributed by atoms with van der Waals surface area (Å²) in [5.41, 5.74) is 0. The predicted molar refractivity (Wildman–Crippen MR) is 87.8 cm³/mol. The van der Waals surface area contributed by atoms with Crippen molar-refractivity contribution in [2.45, 2.75) is 70.2 Å². The fourth-order valence-corrected chi connectivity index (χ4v) is 4.43. The molecule has 2 aliphatic carbocycles. The second-order valence-electron chi connectivity index (χ2n) is 7.41. The van der Waals surface area contributed by atoms with Gasteiger partial charge < -0.3 is 14.6 Å². The third-order valence-electron chi connectivity index (χ3n) is 5.94.